The number of hydrogen-bond acceptors (Lipinski definition) is 3. The maximum absolute atomic E-state index is 11.9. The van der Waals surface area contributed by atoms with Crippen molar-refractivity contribution in [1.82, 2.24) is 0 Å². The zero-order valence-corrected chi connectivity index (χ0v) is 11.6. The van der Waals surface area contributed by atoms with E-state index >= 15 is 0 Å². The van der Waals surface area contributed by atoms with Crippen molar-refractivity contribution in [2.24, 2.45) is 5.92 Å². The van der Waals surface area contributed by atoms with Gasteiger partial charge in [0, 0.05) is 5.69 Å². The lowest BCUT2D eigenvalue weighted by Crippen LogP contribution is -2.26. The normalized spacial score (nSPS) is 23.0. The van der Waals surface area contributed by atoms with Crippen molar-refractivity contribution in [2.75, 3.05) is 5.73 Å². The van der Waals surface area contributed by atoms with Crippen molar-refractivity contribution in [2.45, 2.75) is 51.6 Å². The molecule has 1 aromatic rings. The van der Waals surface area contributed by atoms with Crippen LogP contribution in [-0.2, 0) is 16.0 Å². The number of benzene rings is 1. The molecule has 3 nitrogen and oxygen atoms in total. The fraction of sp³-hybridized carbons (Fsp3) is 0.562. The molecule has 0 radical (unpaired) electrons. The summed E-state index contributed by atoms with van der Waals surface area (Å²) in [4.78, 5) is 11.9. The van der Waals surface area contributed by atoms with Gasteiger partial charge in [0.25, 0.3) is 0 Å². The molecule has 0 aromatic heterocycles. The molecular weight excluding hydrogens is 238 g/mol. The highest BCUT2D eigenvalue weighted by atomic mass is 16.5. The molecule has 3 heteroatoms. The molecule has 0 spiro atoms. The van der Waals surface area contributed by atoms with E-state index in [9.17, 15) is 4.79 Å². The molecular formula is C16H23NO2. The van der Waals surface area contributed by atoms with Crippen LogP contribution in [0.1, 0.15) is 44.6 Å². The molecule has 2 N–H and O–H groups in total. The Morgan fingerprint density at radius 2 is 2.05 bits per heavy atom. The summed E-state index contributed by atoms with van der Waals surface area (Å²) in [7, 11) is 0. The van der Waals surface area contributed by atoms with Crippen LogP contribution >= 0.6 is 0 Å². The molecule has 1 aromatic carbocycles. The molecule has 1 aliphatic carbocycles. The molecule has 0 aliphatic heterocycles. The van der Waals surface area contributed by atoms with Gasteiger partial charge in [-0.15, -0.1) is 0 Å². The summed E-state index contributed by atoms with van der Waals surface area (Å²) in [5.74, 6) is 0.606. The van der Waals surface area contributed by atoms with E-state index in [1.165, 1.54) is 19.3 Å². The zero-order valence-electron chi connectivity index (χ0n) is 11.6. The number of esters is 1. The molecule has 0 saturated heterocycles. The summed E-state index contributed by atoms with van der Waals surface area (Å²) in [6.07, 6.45) is 6.16. The lowest BCUT2D eigenvalue weighted by atomic mass is 9.85. The van der Waals surface area contributed by atoms with Gasteiger partial charge in [0.1, 0.15) is 6.10 Å². The fourth-order valence-corrected chi connectivity index (χ4v) is 2.75. The predicted octanol–water partition coefficient (Wildman–Crippen LogP) is 3.32. The Kier molecular flexibility index (Phi) is 4.83. The van der Waals surface area contributed by atoms with E-state index < -0.39 is 0 Å². The van der Waals surface area contributed by atoms with Crippen LogP contribution in [0.2, 0.25) is 0 Å². The smallest absolute Gasteiger partial charge is 0.310 e. The van der Waals surface area contributed by atoms with Gasteiger partial charge in [-0.1, -0.05) is 31.9 Å². The molecule has 0 bridgehead atoms. The summed E-state index contributed by atoms with van der Waals surface area (Å²) >= 11 is 0. The second-order valence-electron chi connectivity index (χ2n) is 5.47. The number of hydrogen-bond donors (Lipinski definition) is 1. The van der Waals surface area contributed by atoms with E-state index in [0.717, 1.165) is 30.0 Å². The van der Waals surface area contributed by atoms with E-state index in [1.54, 1.807) is 0 Å². The summed E-state index contributed by atoms with van der Waals surface area (Å²) in [6, 6.07) is 7.39. The first-order valence-corrected chi connectivity index (χ1v) is 7.21. The van der Waals surface area contributed by atoms with Crippen molar-refractivity contribution >= 4 is 11.7 Å². The monoisotopic (exact) mass is 261 g/mol. The van der Waals surface area contributed by atoms with E-state index in [0.29, 0.717) is 6.42 Å². The Hall–Kier alpha value is -1.51. The van der Waals surface area contributed by atoms with Crippen molar-refractivity contribution in [3.63, 3.8) is 0 Å². The lowest BCUT2D eigenvalue weighted by molar-refractivity contribution is -0.150. The molecule has 19 heavy (non-hydrogen) atoms. The zero-order chi connectivity index (χ0) is 13.7. The number of anilines is 1. The summed E-state index contributed by atoms with van der Waals surface area (Å²) in [5.41, 5.74) is 7.30. The first-order chi connectivity index (χ1) is 9.17. The van der Waals surface area contributed by atoms with Crippen LogP contribution in [0.5, 0.6) is 0 Å². The Bertz CT molecular complexity index is 413. The molecule has 2 atom stereocenters. The molecule has 0 heterocycles. The minimum atomic E-state index is -0.119. The van der Waals surface area contributed by atoms with Gasteiger partial charge in [-0.25, -0.2) is 0 Å². The lowest BCUT2D eigenvalue weighted by Gasteiger charge is -2.28. The van der Waals surface area contributed by atoms with E-state index in [1.807, 2.05) is 24.3 Å². The standard InChI is InChI=1S/C16H23NO2/c1-2-12-4-3-5-15(10-12)19-16(18)11-13-6-8-14(17)9-7-13/h6-9,12,15H,2-5,10-11,17H2,1H3. The van der Waals surface area contributed by atoms with Crippen molar-refractivity contribution in [3.8, 4) is 0 Å². The van der Waals surface area contributed by atoms with Crippen LogP contribution in [0.15, 0.2) is 24.3 Å². The first-order valence-electron chi connectivity index (χ1n) is 7.21. The number of nitrogens with two attached hydrogens (primary N) is 1. The highest BCUT2D eigenvalue weighted by Crippen LogP contribution is 2.28. The highest BCUT2D eigenvalue weighted by Gasteiger charge is 2.23. The van der Waals surface area contributed by atoms with Crippen LogP contribution in [0, 0.1) is 5.92 Å². The van der Waals surface area contributed by atoms with Crippen LogP contribution in [-0.4, -0.2) is 12.1 Å². The van der Waals surface area contributed by atoms with Crippen molar-refractivity contribution in [3.05, 3.63) is 29.8 Å². The Labute approximate surface area is 115 Å². The van der Waals surface area contributed by atoms with Gasteiger partial charge in [-0.05, 0) is 42.9 Å². The third-order valence-corrected chi connectivity index (χ3v) is 3.94. The topological polar surface area (TPSA) is 52.3 Å². The summed E-state index contributed by atoms with van der Waals surface area (Å²) < 4.78 is 5.59. The van der Waals surface area contributed by atoms with Gasteiger partial charge in [0.15, 0.2) is 0 Å². The Balaban J connectivity index is 1.82. The molecule has 2 rings (SSSR count). The summed E-state index contributed by atoms with van der Waals surface area (Å²) in [6.45, 7) is 2.21. The van der Waals surface area contributed by atoms with E-state index in [-0.39, 0.29) is 12.1 Å². The number of nitrogen functional groups attached to an aromatic ring is 1. The number of ether oxygens (including phenoxy) is 1. The second kappa shape index (κ2) is 6.60. The van der Waals surface area contributed by atoms with E-state index in [2.05, 4.69) is 6.92 Å². The maximum Gasteiger partial charge on any atom is 0.310 e. The number of carbonyl (C=O) groups excluding carboxylic acids is 1. The van der Waals surface area contributed by atoms with Crippen molar-refractivity contribution in [1.29, 1.82) is 0 Å². The van der Waals surface area contributed by atoms with Crippen LogP contribution in [0.4, 0.5) is 5.69 Å². The van der Waals surface area contributed by atoms with Crippen LogP contribution in [0.25, 0.3) is 0 Å². The molecule has 1 fully saturated rings. The first kappa shape index (κ1) is 13.9. The Morgan fingerprint density at radius 3 is 2.74 bits per heavy atom. The molecule has 104 valence electrons. The maximum atomic E-state index is 11.9. The molecule has 1 saturated carbocycles. The highest BCUT2D eigenvalue weighted by molar-refractivity contribution is 5.72. The Morgan fingerprint density at radius 1 is 1.32 bits per heavy atom. The molecule has 2 unspecified atom stereocenters. The van der Waals surface area contributed by atoms with Gasteiger partial charge in [0.05, 0.1) is 6.42 Å². The predicted molar refractivity (Wildman–Crippen MR) is 76.7 cm³/mol. The summed E-state index contributed by atoms with van der Waals surface area (Å²) in [5, 5.41) is 0. The largest absolute Gasteiger partial charge is 0.462 e. The van der Waals surface area contributed by atoms with Crippen LogP contribution in [0.3, 0.4) is 0 Å². The quantitative estimate of drug-likeness (QED) is 0.668. The fourth-order valence-electron chi connectivity index (χ4n) is 2.75. The molecule has 1 aliphatic rings. The van der Waals surface area contributed by atoms with Gasteiger partial charge < -0.3 is 10.5 Å². The minimum absolute atomic E-state index is 0.119. The van der Waals surface area contributed by atoms with Gasteiger partial charge in [-0.3, -0.25) is 4.79 Å². The number of carbonyl (C=O) groups is 1. The second-order valence-corrected chi connectivity index (χ2v) is 5.47. The molecule has 0 amide bonds. The average Bonchev–Trinajstić information content (AvgIpc) is 2.41. The van der Waals surface area contributed by atoms with Crippen molar-refractivity contribution < 1.29 is 9.53 Å². The van der Waals surface area contributed by atoms with Gasteiger partial charge in [0.2, 0.25) is 0 Å². The number of rotatable bonds is 4. The van der Waals surface area contributed by atoms with Crippen LogP contribution < -0.4 is 5.73 Å². The van der Waals surface area contributed by atoms with E-state index in [4.69, 9.17) is 10.5 Å². The third kappa shape index (κ3) is 4.27. The average molecular weight is 261 g/mol. The van der Waals surface area contributed by atoms with Gasteiger partial charge in [-0.2, -0.15) is 0 Å². The third-order valence-electron chi connectivity index (χ3n) is 3.94. The van der Waals surface area contributed by atoms with Gasteiger partial charge >= 0.3 is 5.97 Å². The minimum Gasteiger partial charge on any atom is -0.462 e. The SMILES string of the molecule is CCC1CCCC(OC(=O)Cc2ccc(N)cc2)C1.